The molecule has 106 valence electrons. The van der Waals surface area contributed by atoms with Crippen LogP contribution in [0.4, 0.5) is 4.39 Å². The van der Waals surface area contributed by atoms with E-state index in [9.17, 15) is 4.39 Å². The van der Waals surface area contributed by atoms with Crippen LogP contribution in [-0.4, -0.2) is 0 Å². The predicted molar refractivity (Wildman–Crippen MR) is 82.4 cm³/mol. The van der Waals surface area contributed by atoms with Crippen LogP contribution in [-0.2, 0) is 13.1 Å². The lowest BCUT2D eigenvalue weighted by atomic mass is 9.93. The highest BCUT2D eigenvalue weighted by atomic mass is 35.5. The maximum absolute atomic E-state index is 14.0. The SMILES string of the molecule is Cc1c(CN)cc(Cl)cc1-c1cc(Cl)cc(F)c1CN. The quantitative estimate of drug-likeness (QED) is 0.899. The lowest BCUT2D eigenvalue weighted by Gasteiger charge is -2.15. The van der Waals surface area contributed by atoms with E-state index in [2.05, 4.69) is 0 Å². The molecule has 0 radical (unpaired) electrons. The Morgan fingerprint density at radius 1 is 0.950 bits per heavy atom. The fraction of sp³-hybridized carbons (Fsp3) is 0.200. The van der Waals surface area contributed by atoms with Crippen molar-refractivity contribution >= 4 is 23.2 Å². The lowest BCUT2D eigenvalue weighted by Crippen LogP contribution is -2.05. The van der Waals surface area contributed by atoms with E-state index in [0.29, 0.717) is 27.7 Å². The van der Waals surface area contributed by atoms with Gasteiger partial charge in [0, 0.05) is 28.7 Å². The summed E-state index contributed by atoms with van der Waals surface area (Å²) in [6, 6.07) is 6.55. The molecule has 0 amide bonds. The van der Waals surface area contributed by atoms with Crippen LogP contribution in [0.5, 0.6) is 0 Å². The van der Waals surface area contributed by atoms with E-state index in [1.807, 2.05) is 13.0 Å². The zero-order valence-electron chi connectivity index (χ0n) is 11.0. The van der Waals surface area contributed by atoms with Crippen molar-refractivity contribution in [3.8, 4) is 11.1 Å². The molecular weight excluding hydrogens is 298 g/mol. The highest BCUT2D eigenvalue weighted by Gasteiger charge is 2.15. The van der Waals surface area contributed by atoms with Crippen molar-refractivity contribution in [2.45, 2.75) is 20.0 Å². The Labute approximate surface area is 127 Å². The Morgan fingerprint density at radius 2 is 1.55 bits per heavy atom. The van der Waals surface area contributed by atoms with Gasteiger partial charge in [-0.15, -0.1) is 0 Å². The van der Waals surface area contributed by atoms with Gasteiger partial charge in [0.05, 0.1) is 0 Å². The van der Waals surface area contributed by atoms with Gasteiger partial charge in [-0.3, -0.25) is 0 Å². The highest BCUT2D eigenvalue weighted by molar-refractivity contribution is 6.31. The van der Waals surface area contributed by atoms with Gasteiger partial charge < -0.3 is 11.5 Å². The van der Waals surface area contributed by atoms with Crippen molar-refractivity contribution in [3.63, 3.8) is 0 Å². The maximum Gasteiger partial charge on any atom is 0.129 e. The van der Waals surface area contributed by atoms with Crippen LogP contribution < -0.4 is 11.5 Å². The normalized spacial score (nSPS) is 10.9. The Kier molecular flexibility index (Phi) is 4.66. The van der Waals surface area contributed by atoms with E-state index in [0.717, 1.165) is 16.7 Å². The van der Waals surface area contributed by atoms with Crippen LogP contribution in [0, 0.1) is 12.7 Å². The third-order valence-electron chi connectivity index (χ3n) is 3.35. The topological polar surface area (TPSA) is 52.0 Å². The molecule has 0 aromatic heterocycles. The second-order valence-corrected chi connectivity index (χ2v) is 5.43. The number of rotatable bonds is 3. The number of hydrogen-bond donors (Lipinski definition) is 2. The smallest absolute Gasteiger partial charge is 0.129 e. The first-order valence-electron chi connectivity index (χ1n) is 6.15. The molecule has 20 heavy (non-hydrogen) atoms. The second-order valence-electron chi connectivity index (χ2n) is 4.56. The molecule has 0 heterocycles. The summed E-state index contributed by atoms with van der Waals surface area (Å²) in [7, 11) is 0. The zero-order chi connectivity index (χ0) is 14.9. The second kappa shape index (κ2) is 6.10. The molecule has 0 spiro atoms. The first-order chi connectivity index (χ1) is 9.47. The first-order valence-corrected chi connectivity index (χ1v) is 6.91. The number of hydrogen-bond acceptors (Lipinski definition) is 2. The fourth-order valence-electron chi connectivity index (χ4n) is 2.28. The van der Waals surface area contributed by atoms with Crippen LogP contribution in [0.15, 0.2) is 24.3 Å². The summed E-state index contributed by atoms with van der Waals surface area (Å²) in [6.07, 6.45) is 0. The van der Waals surface area contributed by atoms with Crippen LogP contribution in [0.25, 0.3) is 11.1 Å². The molecule has 2 aromatic carbocycles. The van der Waals surface area contributed by atoms with Crippen LogP contribution in [0.1, 0.15) is 16.7 Å². The molecular formula is C15H15Cl2FN2. The maximum atomic E-state index is 14.0. The van der Waals surface area contributed by atoms with Gasteiger partial charge >= 0.3 is 0 Å². The van der Waals surface area contributed by atoms with E-state index in [1.54, 1.807) is 12.1 Å². The molecule has 5 heteroatoms. The zero-order valence-corrected chi connectivity index (χ0v) is 12.5. The van der Waals surface area contributed by atoms with Gasteiger partial charge in [-0.05, 0) is 53.4 Å². The highest BCUT2D eigenvalue weighted by Crippen LogP contribution is 2.34. The molecule has 0 aliphatic rings. The van der Waals surface area contributed by atoms with E-state index in [4.69, 9.17) is 34.7 Å². The van der Waals surface area contributed by atoms with Gasteiger partial charge in [-0.25, -0.2) is 4.39 Å². The Balaban J connectivity index is 2.77. The van der Waals surface area contributed by atoms with Gasteiger partial charge in [-0.1, -0.05) is 23.2 Å². The number of nitrogens with two attached hydrogens (primary N) is 2. The van der Waals surface area contributed by atoms with E-state index in [1.165, 1.54) is 6.07 Å². The lowest BCUT2D eigenvalue weighted by molar-refractivity contribution is 0.611. The molecule has 0 atom stereocenters. The Hall–Kier alpha value is -1.13. The molecule has 2 nitrogen and oxygen atoms in total. The van der Waals surface area contributed by atoms with Crippen LogP contribution in [0.3, 0.4) is 0 Å². The standard InChI is InChI=1S/C15H15Cl2FN2/c1-8-9(6-19)2-10(16)3-12(8)13-4-11(17)5-15(18)14(13)7-20/h2-5H,6-7,19-20H2,1H3. The van der Waals surface area contributed by atoms with E-state index >= 15 is 0 Å². The van der Waals surface area contributed by atoms with Crippen molar-refractivity contribution in [3.05, 3.63) is 56.8 Å². The minimum atomic E-state index is -0.413. The van der Waals surface area contributed by atoms with Gasteiger partial charge in [0.1, 0.15) is 5.82 Å². The molecule has 0 bridgehead atoms. The summed E-state index contributed by atoms with van der Waals surface area (Å²) in [6.45, 7) is 2.37. The van der Waals surface area contributed by atoms with Gasteiger partial charge in [0.15, 0.2) is 0 Å². The monoisotopic (exact) mass is 312 g/mol. The van der Waals surface area contributed by atoms with Crippen LogP contribution in [0.2, 0.25) is 10.0 Å². The van der Waals surface area contributed by atoms with Crippen molar-refractivity contribution in [2.24, 2.45) is 11.5 Å². The molecule has 2 aromatic rings. The largest absolute Gasteiger partial charge is 0.326 e. The summed E-state index contributed by atoms with van der Waals surface area (Å²) in [5.74, 6) is -0.413. The number of halogens is 3. The third-order valence-corrected chi connectivity index (χ3v) is 3.79. The van der Waals surface area contributed by atoms with Crippen molar-refractivity contribution in [1.82, 2.24) is 0 Å². The summed E-state index contributed by atoms with van der Waals surface area (Å²) < 4.78 is 14.0. The summed E-state index contributed by atoms with van der Waals surface area (Å²) in [4.78, 5) is 0. The Morgan fingerprint density at radius 3 is 2.15 bits per heavy atom. The molecule has 0 saturated heterocycles. The van der Waals surface area contributed by atoms with Crippen molar-refractivity contribution in [1.29, 1.82) is 0 Å². The van der Waals surface area contributed by atoms with Gasteiger partial charge in [0.2, 0.25) is 0 Å². The molecule has 0 saturated carbocycles. The van der Waals surface area contributed by atoms with E-state index in [-0.39, 0.29) is 6.54 Å². The molecule has 0 fully saturated rings. The fourth-order valence-corrected chi connectivity index (χ4v) is 2.72. The average Bonchev–Trinajstić information content (AvgIpc) is 2.40. The molecule has 2 rings (SSSR count). The van der Waals surface area contributed by atoms with Crippen molar-refractivity contribution < 1.29 is 4.39 Å². The van der Waals surface area contributed by atoms with Crippen molar-refractivity contribution in [2.75, 3.05) is 0 Å². The summed E-state index contributed by atoms with van der Waals surface area (Å²) in [5.41, 5.74) is 15.1. The molecule has 0 unspecified atom stereocenters. The van der Waals surface area contributed by atoms with Crippen LogP contribution >= 0.6 is 23.2 Å². The summed E-state index contributed by atoms with van der Waals surface area (Å²) in [5, 5.41) is 0.873. The average molecular weight is 313 g/mol. The summed E-state index contributed by atoms with van der Waals surface area (Å²) >= 11 is 12.1. The predicted octanol–water partition coefficient (Wildman–Crippen LogP) is 4.03. The van der Waals surface area contributed by atoms with Gasteiger partial charge in [-0.2, -0.15) is 0 Å². The van der Waals surface area contributed by atoms with E-state index < -0.39 is 5.82 Å². The molecule has 0 aliphatic heterocycles. The minimum absolute atomic E-state index is 0.0856. The molecule has 4 N–H and O–H groups in total. The minimum Gasteiger partial charge on any atom is -0.326 e. The van der Waals surface area contributed by atoms with Gasteiger partial charge in [0.25, 0.3) is 0 Å². The Bertz CT molecular complexity index is 657. The number of benzene rings is 2. The first kappa shape index (κ1) is 15.3. The third kappa shape index (κ3) is 2.81. The molecule has 0 aliphatic carbocycles.